The summed E-state index contributed by atoms with van der Waals surface area (Å²) in [6.45, 7) is 0.151. The fourth-order valence-corrected chi connectivity index (χ4v) is 5.09. The van der Waals surface area contributed by atoms with Gasteiger partial charge in [-0.25, -0.2) is 0 Å². The molecule has 2 rings (SSSR count). The highest BCUT2D eigenvalue weighted by Crippen LogP contribution is 2.36. The molecule has 112 valence electrons. The smallest absolute Gasteiger partial charge is 0.224 e. The molecular formula is C16H26N2OS. The lowest BCUT2D eigenvalue weighted by molar-refractivity contribution is -0.127. The van der Waals surface area contributed by atoms with Gasteiger partial charge in [-0.15, -0.1) is 0 Å². The molecule has 0 spiro atoms. The van der Waals surface area contributed by atoms with E-state index in [2.05, 4.69) is 17.1 Å². The van der Waals surface area contributed by atoms with Crippen molar-refractivity contribution in [3.05, 3.63) is 0 Å². The Morgan fingerprint density at radius 2 is 1.80 bits per heavy atom. The van der Waals surface area contributed by atoms with E-state index in [1.807, 2.05) is 6.07 Å². The lowest BCUT2D eigenvalue weighted by Crippen LogP contribution is -2.38. The van der Waals surface area contributed by atoms with Crippen LogP contribution in [0, 0.1) is 23.2 Å². The predicted molar refractivity (Wildman–Crippen MR) is 83.4 cm³/mol. The maximum absolute atomic E-state index is 12.1. The highest BCUT2D eigenvalue weighted by molar-refractivity contribution is 7.99. The van der Waals surface area contributed by atoms with E-state index < -0.39 is 0 Å². The van der Waals surface area contributed by atoms with Gasteiger partial charge in [-0.1, -0.05) is 32.1 Å². The molecule has 1 amide bonds. The molecule has 2 fully saturated rings. The van der Waals surface area contributed by atoms with Gasteiger partial charge in [-0.3, -0.25) is 4.79 Å². The first-order chi connectivity index (χ1) is 9.81. The Morgan fingerprint density at radius 1 is 1.10 bits per heavy atom. The van der Waals surface area contributed by atoms with Crippen molar-refractivity contribution in [2.24, 2.45) is 11.8 Å². The molecule has 0 saturated heterocycles. The van der Waals surface area contributed by atoms with Crippen LogP contribution in [0.15, 0.2) is 0 Å². The van der Waals surface area contributed by atoms with Gasteiger partial charge in [0.05, 0.1) is 6.07 Å². The molecule has 20 heavy (non-hydrogen) atoms. The fraction of sp³-hybridized carbons (Fsp3) is 0.875. The standard InChI is InChI=1S/C16H26N2OS/c17-10-11-18-16(19)15-9-5-4-6-13(15)12-20-14-7-2-1-3-8-14/h13-15H,1-9,11-12H2,(H,18,19)/t13-,15+/m0/s1. The Hall–Kier alpha value is -0.690. The van der Waals surface area contributed by atoms with Crippen molar-refractivity contribution in [1.29, 1.82) is 5.26 Å². The number of rotatable bonds is 5. The highest BCUT2D eigenvalue weighted by Gasteiger charge is 2.31. The van der Waals surface area contributed by atoms with Gasteiger partial charge in [0.1, 0.15) is 6.54 Å². The van der Waals surface area contributed by atoms with Crippen LogP contribution in [-0.2, 0) is 4.79 Å². The maximum atomic E-state index is 12.1. The maximum Gasteiger partial charge on any atom is 0.224 e. The Morgan fingerprint density at radius 3 is 2.55 bits per heavy atom. The average Bonchev–Trinajstić information content (AvgIpc) is 2.52. The summed E-state index contributed by atoms with van der Waals surface area (Å²) in [6.07, 6.45) is 11.5. The lowest BCUT2D eigenvalue weighted by atomic mass is 9.80. The van der Waals surface area contributed by atoms with Crippen LogP contribution >= 0.6 is 11.8 Å². The molecule has 0 heterocycles. The summed E-state index contributed by atoms with van der Waals surface area (Å²) in [5, 5.41) is 12.2. The third kappa shape index (κ3) is 4.70. The monoisotopic (exact) mass is 294 g/mol. The van der Waals surface area contributed by atoms with Gasteiger partial charge < -0.3 is 5.32 Å². The van der Waals surface area contributed by atoms with E-state index in [0.29, 0.717) is 5.92 Å². The minimum Gasteiger partial charge on any atom is -0.343 e. The molecular weight excluding hydrogens is 268 g/mol. The normalized spacial score (nSPS) is 27.8. The van der Waals surface area contributed by atoms with Crippen LogP contribution in [0.3, 0.4) is 0 Å². The summed E-state index contributed by atoms with van der Waals surface area (Å²) < 4.78 is 0. The van der Waals surface area contributed by atoms with Gasteiger partial charge in [0.15, 0.2) is 0 Å². The molecule has 0 aromatic carbocycles. The minimum atomic E-state index is 0.112. The summed E-state index contributed by atoms with van der Waals surface area (Å²) in [7, 11) is 0. The van der Waals surface area contributed by atoms with Gasteiger partial charge in [0.25, 0.3) is 0 Å². The number of thioether (sulfide) groups is 1. The first kappa shape index (κ1) is 15.7. The molecule has 1 N–H and O–H groups in total. The Kier molecular flexibility index (Phi) is 6.72. The molecule has 2 atom stereocenters. The van der Waals surface area contributed by atoms with E-state index in [9.17, 15) is 4.79 Å². The second-order valence-electron chi connectivity index (χ2n) is 6.12. The number of hydrogen-bond acceptors (Lipinski definition) is 3. The van der Waals surface area contributed by atoms with Crippen molar-refractivity contribution in [1.82, 2.24) is 5.32 Å². The number of nitrogens with zero attached hydrogens (tertiary/aromatic N) is 1. The Labute approximate surface area is 126 Å². The van der Waals surface area contributed by atoms with Crippen molar-refractivity contribution in [3.63, 3.8) is 0 Å². The number of nitriles is 1. The van der Waals surface area contributed by atoms with E-state index >= 15 is 0 Å². The number of nitrogens with one attached hydrogen (secondary N) is 1. The topological polar surface area (TPSA) is 52.9 Å². The largest absolute Gasteiger partial charge is 0.343 e. The number of carbonyl (C=O) groups is 1. The fourth-order valence-electron chi connectivity index (χ4n) is 3.50. The van der Waals surface area contributed by atoms with Gasteiger partial charge in [0.2, 0.25) is 5.91 Å². The molecule has 0 aliphatic heterocycles. The van der Waals surface area contributed by atoms with E-state index in [1.54, 1.807) is 0 Å². The molecule has 2 aliphatic carbocycles. The number of amides is 1. The van der Waals surface area contributed by atoms with Crippen LogP contribution in [0.1, 0.15) is 57.8 Å². The molecule has 0 unspecified atom stereocenters. The molecule has 0 aromatic rings. The van der Waals surface area contributed by atoms with Crippen LogP contribution in [0.2, 0.25) is 0 Å². The predicted octanol–water partition coefficient (Wildman–Crippen LogP) is 3.50. The second kappa shape index (κ2) is 8.56. The zero-order valence-corrected chi connectivity index (χ0v) is 13.1. The first-order valence-corrected chi connectivity index (χ1v) is 9.12. The summed E-state index contributed by atoms with van der Waals surface area (Å²) in [4.78, 5) is 12.1. The van der Waals surface area contributed by atoms with Crippen LogP contribution in [-0.4, -0.2) is 23.5 Å². The Bertz CT molecular complexity index is 347. The van der Waals surface area contributed by atoms with Crippen molar-refractivity contribution in [2.45, 2.75) is 63.0 Å². The van der Waals surface area contributed by atoms with Gasteiger partial charge in [-0.05, 0) is 37.4 Å². The molecule has 0 radical (unpaired) electrons. The molecule has 3 nitrogen and oxygen atoms in total. The average molecular weight is 294 g/mol. The zero-order chi connectivity index (χ0) is 14.2. The lowest BCUT2D eigenvalue weighted by Gasteiger charge is -2.32. The van der Waals surface area contributed by atoms with Crippen molar-refractivity contribution in [2.75, 3.05) is 12.3 Å². The third-order valence-electron chi connectivity index (χ3n) is 4.69. The number of hydrogen-bond donors (Lipinski definition) is 1. The second-order valence-corrected chi connectivity index (χ2v) is 7.45. The van der Waals surface area contributed by atoms with E-state index in [0.717, 1.165) is 23.8 Å². The summed E-state index contributed by atoms with van der Waals surface area (Å²) >= 11 is 2.10. The quantitative estimate of drug-likeness (QED) is 0.790. The van der Waals surface area contributed by atoms with Gasteiger partial charge >= 0.3 is 0 Å². The van der Waals surface area contributed by atoms with Gasteiger partial charge in [0, 0.05) is 11.2 Å². The van der Waals surface area contributed by atoms with Crippen molar-refractivity contribution >= 4 is 17.7 Å². The van der Waals surface area contributed by atoms with Crippen LogP contribution < -0.4 is 5.32 Å². The zero-order valence-electron chi connectivity index (χ0n) is 12.3. The minimum absolute atomic E-state index is 0.112. The SMILES string of the molecule is N#CCNC(=O)[C@@H]1CCCC[C@H]1CSC1CCCCC1. The number of carbonyl (C=O) groups excluding carboxylic acids is 1. The highest BCUT2D eigenvalue weighted by atomic mass is 32.2. The summed E-state index contributed by atoms with van der Waals surface area (Å²) in [6, 6.07) is 2.00. The molecule has 2 aliphatic rings. The van der Waals surface area contributed by atoms with Crippen LogP contribution in [0.5, 0.6) is 0 Å². The summed E-state index contributed by atoms with van der Waals surface area (Å²) in [5.41, 5.74) is 0. The molecule has 0 bridgehead atoms. The van der Waals surface area contributed by atoms with Crippen molar-refractivity contribution in [3.8, 4) is 6.07 Å². The van der Waals surface area contributed by atoms with Crippen LogP contribution in [0.25, 0.3) is 0 Å². The van der Waals surface area contributed by atoms with Crippen LogP contribution in [0.4, 0.5) is 0 Å². The molecule has 4 heteroatoms. The molecule has 0 aromatic heterocycles. The third-order valence-corrected chi connectivity index (χ3v) is 6.25. The van der Waals surface area contributed by atoms with Crippen molar-refractivity contribution < 1.29 is 4.79 Å². The summed E-state index contributed by atoms with van der Waals surface area (Å²) in [5.74, 6) is 1.91. The van der Waals surface area contributed by atoms with E-state index in [4.69, 9.17) is 5.26 Å². The molecule has 2 saturated carbocycles. The van der Waals surface area contributed by atoms with E-state index in [1.165, 1.54) is 44.9 Å². The van der Waals surface area contributed by atoms with E-state index in [-0.39, 0.29) is 18.4 Å². The Balaban J connectivity index is 1.80. The first-order valence-electron chi connectivity index (χ1n) is 8.07. The van der Waals surface area contributed by atoms with Gasteiger partial charge in [-0.2, -0.15) is 17.0 Å².